The summed E-state index contributed by atoms with van der Waals surface area (Å²) in [7, 11) is 0. The molecule has 3 aromatic heterocycles. The maximum Gasteiger partial charge on any atom is 0.345 e. The Morgan fingerprint density at radius 1 is 1.06 bits per heavy atom. The molecule has 4 rings (SSSR count). The van der Waals surface area contributed by atoms with Gasteiger partial charge in [-0.2, -0.15) is 5.10 Å². The molecule has 4 aromatic rings. The van der Waals surface area contributed by atoms with Gasteiger partial charge in [0.2, 0.25) is 0 Å². The Morgan fingerprint density at radius 3 is 2.58 bits per heavy atom. The zero-order valence-corrected chi connectivity index (χ0v) is 18.3. The van der Waals surface area contributed by atoms with E-state index in [1.165, 1.54) is 41.0 Å². The average molecular weight is 488 g/mol. The van der Waals surface area contributed by atoms with Crippen molar-refractivity contribution < 1.29 is 23.9 Å². The number of carbonyl (C=O) groups is 3. The Hall–Kier alpha value is -3.83. The minimum atomic E-state index is -1.04. The predicted molar refractivity (Wildman–Crippen MR) is 118 cm³/mol. The normalized spacial score (nSPS) is 10.8. The smallest absolute Gasteiger partial charge is 0.345 e. The SMILES string of the molecule is O=C(NCc1ccc(F)c(Cl)c1)c1cc(C(=O)NCc2ccc(C(=O)O)s2)n2nccc2n1. The third-order valence-electron chi connectivity index (χ3n) is 4.56. The van der Waals surface area contributed by atoms with Crippen LogP contribution in [0, 0.1) is 5.82 Å². The molecular formula is C21H15ClFN5O4S. The van der Waals surface area contributed by atoms with Crippen LogP contribution in [0.1, 0.15) is 41.1 Å². The summed E-state index contributed by atoms with van der Waals surface area (Å²) in [6.07, 6.45) is 1.44. The molecule has 0 saturated carbocycles. The van der Waals surface area contributed by atoms with Gasteiger partial charge in [0.1, 0.15) is 22.1 Å². The topological polar surface area (TPSA) is 126 Å². The van der Waals surface area contributed by atoms with Gasteiger partial charge in [-0.25, -0.2) is 18.7 Å². The van der Waals surface area contributed by atoms with E-state index in [2.05, 4.69) is 20.7 Å². The molecule has 0 fully saturated rings. The van der Waals surface area contributed by atoms with Crippen LogP contribution in [0.3, 0.4) is 0 Å². The Bertz CT molecular complexity index is 1390. The van der Waals surface area contributed by atoms with Gasteiger partial charge < -0.3 is 15.7 Å². The first-order valence-corrected chi connectivity index (χ1v) is 10.7. The molecule has 0 aliphatic heterocycles. The number of amides is 2. The van der Waals surface area contributed by atoms with Crippen molar-refractivity contribution in [3.8, 4) is 0 Å². The van der Waals surface area contributed by atoms with Crippen LogP contribution in [-0.2, 0) is 13.1 Å². The number of carboxylic acid groups (broad SMARTS) is 1. The van der Waals surface area contributed by atoms with E-state index in [0.29, 0.717) is 16.1 Å². The number of thiophene rings is 1. The second-order valence-corrected chi connectivity index (χ2v) is 8.39. The first-order valence-electron chi connectivity index (χ1n) is 9.49. The van der Waals surface area contributed by atoms with Crippen molar-refractivity contribution in [3.05, 3.63) is 86.2 Å². The Kier molecular flexibility index (Phi) is 6.33. The Balaban J connectivity index is 1.50. The summed E-state index contributed by atoms with van der Waals surface area (Å²) < 4.78 is 14.6. The van der Waals surface area contributed by atoms with Crippen LogP contribution in [-0.4, -0.2) is 37.5 Å². The number of carbonyl (C=O) groups excluding carboxylic acids is 2. The summed E-state index contributed by atoms with van der Waals surface area (Å²) in [5.41, 5.74) is 0.956. The van der Waals surface area contributed by atoms with Crippen molar-refractivity contribution in [1.29, 1.82) is 0 Å². The highest BCUT2D eigenvalue weighted by atomic mass is 35.5. The largest absolute Gasteiger partial charge is 0.477 e. The van der Waals surface area contributed by atoms with Gasteiger partial charge in [0.25, 0.3) is 11.8 Å². The maximum absolute atomic E-state index is 13.3. The van der Waals surface area contributed by atoms with Crippen LogP contribution < -0.4 is 10.6 Å². The molecule has 0 saturated heterocycles. The van der Waals surface area contributed by atoms with Gasteiger partial charge in [0.15, 0.2) is 5.65 Å². The zero-order valence-electron chi connectivity index (χ0n) is 16.7. The average Bonchev–Trinajstić information content (AvgIpc) is 3.47. The van der Waals surface area contributed by atoms with Crippen molar-refractivity contribution in [2.45, 2.75) is 13.1 Å². The zero-order chi connectivity index (χ0) is 23.5. The second kappa shape index (κ2) is 9.35. The predicted octanol–water partition coefficient (Wildman–Crippen LogP) is 3.14. The van der Waals surface area contributed by atoms with E-state index >= 15 is 0 Å². The Labute approximate surface area is 194 Å². The molecule has 33 heavy (non-hydrogen) atoms. The third kappa shape index (κ3) is 4.99. The number of hydrogen-bond acceptors (Lipinski definition) is 6. The monoisotopic (exact) mass is 487 g/mol. The molecule has 168 valence electrons. The minimum Gasteiger partial charge on any atom is -0.477 e. The van der Waals surface area contributed by atoms with Crippen LogP contribution in [0.25, 0.3) is 5.65 Å². The number of hydrogen-bond donors (Lipinski definition) is 3. The van der Waals surface area contributed by atoms with Crippen molar-refractivity contribution in [1.82, 2.24) is 25.2 Å². The first kappa shape index (κ1) is 22.4. The number of carboxylic acids is 1. The quantitative estimate of drug-likeness (QED) is 0.367. The van der Waals surface area contributed by atoms with Gasteiger partial charge >= 0.3 is 5.97 Å². The van der Waals surface area contributed by atoms with Crippen LogP contribution in [0.4, 0.5) is 4.39 Å². The van der Waals surface area contributed by atoms with Gasteiger partial charge in [-0.1, -0.05) is 17.7 Å². The summed E-state index contributed by atoms with van der Waals surface area (Å²) in [6, 6.07) is 10.0. The van der Waals surface area contributed by atoms with Crippen molar-refractivity contribution in [3.63, 3.8) is 0 Å². The Morgan fingerprint density at radius 2 is 1.85 bits per heavy atom. The summed E-state index contributed by atoms with van der Waals surface area (Å²) in [6.45, 7) is 0.186. The molecule has 0 aliphatic carbocycles. The summed E-state index contributed by atoms with van der Waals surface area (Å²) in [4.78, 5) is 41.5. The number of halogens is 2. The van der Waals surface area contributed by atoms with E-state index in [0.717, 1.165) is 11.3 Å². The van der Waals surface area contributed by atoms with Crippen LogP contribution in [0.2, 0.25) is 5.02 Å². The van der Waals surface area contributed by atoms with Crippen LogP contribution in [0.15, 0.2) is 48.7 Å². The molecule has 2 amide bonds. The second-order valence-electron chi connectivity index (χ2n) is 6.81. The standard InChI is InChI=1S/C21H15ClFN5O4S/c22-13-7-11(1-3-14(13)23)9-24-19(29)15-8-16(28-18(27-15)5-6-26-28)20(30)25-10-12-2-4-17(33-12)21(31)32/h1-8H,9-10H2,(H,24,29)(H,25,30)(H,31,32). The molecule has 0 spiro atoms. The lowest BCUT2D eigenvalue weighted by molar-refractivity contribution is 0.0701. The summed E-state index contributed by atoms with van der Waals surface area (Å²) in [5, 5.41) is 18.4. The summed E-state index contributed by atoms with van der Waals surface area (Å²) in [5.74, 6) is -2.66. The van der Waals surface area contributed by atoms with E-state index in [4.69, 9.17) is 16.7 Å². The van der Waals surface area contributed by atoms with Gasteiger partial charge in [0, 0.05) is 23.6 Å². The lowest BCUT2D eigenvalue weighted by Gasteiger charge is -2.09. The molecule has 1 aromatic carbocycles. The van der Waals surface area contributed by atoms with E-state index in [9.17, 15) is 18.8 Å². The lowest BCUT2D eigenvalue weighted by Crippen LogP contribution is -2.28. The van der Waals surface area contributed by atoms with E-state index in [1.807, 2.05) is 0 Å². The number of nitrogens with zero attached hydrogens (tertiary/aromatic N) is 3. The molecule has 3 N–H and O–H groups in total. The molecular weight excluding hydrogens is 473 g/mol. The van der Waals surface area contributed by atoms with Gasteiger partial charge in [-0.05, 0) is 29.8 Å². The van der Waals surface area contributed by atoms with E-state index < -0.39 is 23.6 Å². The number of aromatic carboxylic acids is 1. The van der Waals surface area contributed by atoms with E-state index in [1.54, 1.807) is 12.1 Å². The fraction of sp³-hybridized carbons (Fsp3) is 0.0952. The highest BCUT2D eigenvalue weighted by molar-refractivity contribution is 7.13. The van der Waals surface area contributed by atoms with Gasteiger partial charge in [0.05, 0.1) is 17.8 Å². The fourth-order valence-corrected chi connectivity index (χ4v) is 3.95. The third-order valence-corrected chi connectivity index (χ3v) is 5.92. The number of aromatic nitrogens is 3. The molecule has 9 nitrogen and oxygen atoms in total. The van der Waals surface area contributed by atoms with E-state index in [-0.39, 0.29) is 34.4 Å². The number of rotatable bonds is 7. The van der Waals surface area contributed by atoms with Gasteiger partial charge in [-0.3, -0.25) is 9.59 Å². The number of benzene rings is 1. The molecule has 0 atom stereocenters. The molecule has 0 aliphatic rings. The number of fused-ring (bicyclic) bond motifs is 1. The molecule has 3 heterocycles. The number of nitrogens with one attached hydrogen (secondary N) is 2. The summed E-state index contributed by atoms with van der Waals surface area (Å²) >= 11 is 6.81. The lowest BCUT2D eigenvalue weighted by atomic mass is 10.2. The fourth-order valence-electron chi connectivity index (χ4n) is 2.96. The van der Waals surface area contributed by atoms with Gasteiger partial charge in [-0.15, -0.1) is 11.3 Å². The first-order chi connectivity index (χ1) is 15.8. The van der Waals surface area contributed by atoms with Crippen molar-refractivity contribution >= 4 is 46.4 Å². The highest BCUT2D eigenvalue weighted by Gasteiger charge is 2.18. The molecule has 0 unspecified atom stereocenters. The molecule has 0 bridgehead atoms. The molecule has 12 heteroatoms. The maximum atomic E-state index is 13.3. The van der Waals surface area contributed by atoms with Crippen molar-refractivity contribution in [2.24, 2.45) is 0 Å². The minimum absolute atomic E-state index is 0.00866. The highest BCUT2D eigenvalue weighted by Crippen LogP contribution is 2.17. The van der Waals surface area contributed by atoms with Crippen LogP contribution >= 0.6 is 22.9 Å². The van der Waals surface area contributed by atoms with Crippen molar-refractivity contribution in [2.75, 3.05) is 0 Å². The van der Waals surface area contributed by atoms with Crippen LogP contribution in [0.5, 0.6) is 0 Å². The molecule has 0 radical (unpaired) electrons.